The summed E-state index contributed by atoms with van der Waals surface area (Å²) < 4.78 is 22.7. The minimum absolute atomic E-state index is 0.136. The topological polar surface area (TPSA) is 108 Å². The van der Waals surface area contributed by atoms with E-state index in [-0.39, 0.29) is 30.0 Å². The number of benzene rings is 2. The molecule has 0 fully saturated rings. The van der Waals surface area contributed by atoms with Gasteiger partial charge in [-0.25, -0.2) is 9.59 Å². The van der Waals surface area contributed by atoms with Gasteiger partial charge in [0.05, 0.1) is 17.3 Å². The highest BCUT2D eigenvalue weighted by Crippen LogP contribution is 2.28. The lowest BCUT2D eigenvalue weighted by molar-refractivity contribution is -0.136. The maximum Gasteiger partial charge on any atom is 0.349 e. The van der Waals surface area contributed by atoms with Crippen molar-refractivity contribution in [1.29, 1.82) is 0 Å². The normalized spacial score (nSPS) is 10.7. The Morgan fingerprint density at radius 1 is 1.03 bits per heavy atom. The van der Waals surface area contributed by atoms with E-state index in [1.54, 1.807) is 36.4 Å². The monoisotopic (exact) mass is 575 g/mol. The summed E-state index contributed by atoms with van der Waals surface area (Å²) in [6, 6.07) is 14.6. The molecule has 2 heterocycles. The van der Waals surface area contributed by atoms with Crippen LogP contribution in [-0.2, 0) is 11.3 Å². The van der Waals surface area contributed by atoms with Crippen LogP contribution in [0.25, 0.3) is 11.0 Å². The third-order valence-corrected chi connectivity index (χ3v) is 5.54. The Morgan fingerprint density at radius 2 is 1.88 bits per heavy atom. The molecule has 1 N–H and O–H groups in total. The van der Waals surface area contributed by atoms with Gasteiger partial charge in [0.15, 0.2) is 6.61 Å². The Balaban J connectivity index is 1.42. The SMILES string of the molecule is O=C(COc1ccc(Br)cc1Br)Oc1ccc2cc(C(=O)NCc3ccco3)c(=O)oc2c1. The first-order chi connectivity index (χ1) is 15.9. The number of hydrogen-bond acceptors (Lipinski definition) is 7. The molecule has 168 valence electrons. The molecular weight excluding hydrogens is 562 g/mol. The van der Waals surface area contributed by atoms with Crippen LogP contribution in [0.4, 0.5) is 0 Å². The number of esters is 1. The number of carbonyl (C=O) groups is 2. The van der Waals surface area contributed by atoms with Crippen molar-refractivity contribution in [2.75, 3.05) is 6.61 Å². The van der Waals surface area contributed by atoms with Crippen molar-refractivity contribution in [1.82, 2.24) is 5.32 Å². The molecule has 33 heavy (non-hydrogen) atoms. The maximum absolute atomic E-state index is 12.3. The number of carbonyl (C=O) groups excluding carboxylic acids is 2. The molecule has 2 aromatic heterocycles. The van der Waals surface area contributed by atoms with Gasteiger partial charge in [0, 0.05) is 15.9 Å². The van der Waals surface area contributed by atoms with Gasteiger partial charge in [0.1, 0.15) is 28.4 Å². The molecule has 0 bridgehead atoms. The molecule has 0 aliphatic rings. The van der Waals surface area contributed by atoms with Gasteiger partial charge in [0.2, 0.25) is 0 Å². The van der Waals surface area contributed by atoms with E-state index in [1.807, 2.05) is 0 Å². The molecule has 0 saturated heterocycles. The summed E-state index contributed by atoms with van der Waals surface area (Å²) in [5.41, 5.74) is -0.789. The average Bonchev–Trinajstić information content (AvgIpc) is 3.30. The van der Waals surface area contributed by atoms with Crippen LogP contribution < -0.4 is 20.4 Å². The van der Waals surface area contributed by atoms with E-state index in [0.29, 0.717) is 21.4 Å². The summed E-state index contributed by atoms with van der Waals surface area (Å²) in [5.74, 6) is -0.0210. The van der Waals surface area contributed by atoms with Crippen LogP contribution in [0.2, 0.25) is 0 Å². The lowest BCUT2D eigenvalue weighted by Gasteiger charge is -2.09. The molecule has 4 rings (SSSR count). The molecule has 0 spiro atoms. The quantitative estimate of drug-likeness (QED) is 0.191. The number of ether oxygens (including phenoxy) is 2. The van der Waals surface area contributed by atoms with Crippen molar-refractivity contribution in [2.24, 2.45) is 0 Å². The van der Waals surface area contributed by atoms with Gasteiger partial charge < -0.3 is 23.6 Å². The van der Waals surface area contributed by atoms with Crippen LogP contribution in [0, 0.1) is 0 Å². The molecule has 4 aromatic rings. The average molecular weight is 577 g/mol. The lowest BCUT2D eigenvalue weighted by atomic mass is 10.1. The second kappa shape index (κ2) is 10.1. The van der Waals surface area contributed by atoms with Gasteiger partial charge in [-0.15, -0.1) is 0 Å². The van der Waals surface area contributed by atoms with Crippen molar-refractivity contribution in [3.8, 4) is 11.5 Å². The van der Waals surface area contributed by atoms with Crippen LogP contribution in [0.3, 0.4) is 0 Å². The fraction of sp³-hybridized carbons (Fsp3) is 0.0870. The molecule has 0 unspecified atom stereocenters. The molecule has 0 aliphatic heterocycles. The molecule has 1 amide bonds. The van der Waals surface area contributed by atoms with Crippen LogP contribution in [0.1, 0.15) is 16.1 Å². The summed E-state index contributed by atoms with van der Waals surface area (Å²) in [7, 11) is 0. The number of halogens is 2. The van der Waals surface area contributed by atoms with Gasteiger partial charge >= 0.3 is 11.6 Å². The zero-order valence-electron chi connectivity index (χ0n) is 16.8. The summed E-state index contributed by atoms with van der Waals surface area (Å²) >= 11 is 6.69. The second-order valence-corrected chi connectivity index (χ2v) is 8.52. The largest absolute Gasteiger partial charge is 0.481 e. The molecule has 0 radical (unpaired) electrons. The van der Waals surface area contributed by atoms with E-state index in [2.05, 4.69) is 37.2 Å². The lowest BCUT2D eigenvalue weighted by Crippen LogP contribution is -2.27. The first kappa shape index (κ1) is 22.8. The zero-order valence-corrected chi connectivity index (χ0v) is 20.0. The maximum atomic E-state index is 12.3. The van der Waals surface area contributed by atoms with Gasteiger partial charge in [-0.1, -0.05) is 15.9 Å². The minimum atomic E-state index is -0.814. The predicted octanol–water partition coefficient (Wildman–Crippen LogP) is 4.83. The Kier molecular flexibility index (Phi) is 6.95. The molecule has 10 heteroatoms. The highest BCUT2D eigenvalue weighted by molar-refractivity contribution is 9.11. The van der Waals surface area contributed by atoms with E-state index < -0.39 is 17.5 Å². The van der Waals surface area contributed by atoms with Crippen LogP contribution >= 0.6 is 31.9 Å². The van der Waals surface area contributed by atoms with Gasteiger partial charge in [-0.3, -0.25) is 4.79 Å². The summed E-state index contributed by atoms with van der Waals surface area (Å²) in [4.78, 5) is 36.8. The number of fused-ring (bicyclic) bond motifs is 1. The fourth-order valence-electron chi connectivity index (χ4n) is 2.88. The molecule has 0 saturated carbocycles. The number of nitrogens with one attached hydrogen (secondary N) is 1. The van der Waals surface area contributed by atoms with E-state index in [0.717, 1.165) is 4.47 Å². The molecule has 0 atom stereocenters. The minimum Gasteiger partial charge on any atom is -0.481 e. The Labute approximate surface area is 203 Å². The summed E-state index contributed by atoms with van der Waals surface area (Å²) in [6.07, 6.45) is 1.49. The molecule has 2 aromatic carbocycles. The highest BCUT2D eigenvalue weighted by atomic mass is 79.9. The van der Waals surface area contributed by atoms with Gasteiger partial charge in [-0.2, -0.15) is 0 Å². The van der Waals surface area contributed by atoms with Crippen LogP contribution in [-0.4, -0.2) is 18.5 Å². The van der Waals surface area contributed by atoms with E-state index in [9.17, 15) is 14.4 Å². The molecular formula is C23H15Br2NO7. The third kappa shape index (κ3) is 5.71. The third-order valence-electron chi connectivity index (χ3n) is 4.43. The zero-order chi connectivity index (χ0) is 23.4. The van der Waals surface area contributed by atoms with Crippen molar-refractivity contribution >= 4 is 54.7 Å². The standard InChI is InChI=1S/C23H15Br2NO7/c24-14-4-6-19(18(25)9-14)31-12-21(27)32-15-5-3-13-8-17(23(29)33-20(13)10-15)22(28)26-11-16-2-1-7-30-16/h1-10H,11-12H2,(H,26,28). The van der Waals surface area contributed by atoms with E-state index >= 15 is 0 Å². The fourth-order valence-corrected chi connectivity index (χ4v) is 4.04. The number of furan rings is 1. The van der Waals surface area contributed by atoms with E-state index in [1.165, 1.54) is 24.5 Å². The van der Waals surface area contributed by atoms with Crippen LogP contribution in [0.15, 0.2) is 83.4 Å². The Bertz CT molecular complexity index is 1380. The van der Waals surface area contributed by atoms with Crippen molar-refractivity contribution in [3.63, 3.8) is 0 Å². The number of amides is 1. The first-order valence-electron chi connectivity index (χ1n) is 9.56. The van der Waals surface area contributed by atoms with Crippen molar-refractivity contribution < 1.29 is 27.9 Å². The van der Waals surface area contributed by atoms with Crippen molar-refractivity contribution in [2.45, 2.75) is 6.54 Å². The van der Waals surface area contributed by atoms with E-state index in [4.69, 9.17) is 18.3 Å². The Hall–Kier alpha value is -3.37. The smallest absolute Gasteiger partial charge is 0.349 e. The summed E-state index contributed by atoms with van der Waals surface area (Å²) in [5, 5.41) is 3.09. The van der Waals surface area contributed by atoms with Crippen molar-refractivity contribution in [3.05, 3.63) is 91.5 Å². The molecule has 0 aliphatic carbocycles. The van der Waals surface area contributed by atoms with Gasteiger partial charge in [0.25, 0.3) is 5.91 Å². The van der Waals surface area contributed by atoms with Gasteiger partial charge in [-0.05, 0) is 64.5 Å². The summed E-state index contributed by atoms with van der Waals surface area (Å²) in [6.45, 7) is -0.186. The number of hydrogen-bond donors (Lipinski definition) is 1. The second-order valence-electron chi connectivity index (χ2n) is 6.75. The first-order valence-corrected chi connectivity index (χ1v) is 11.1. The highest BCUT2D eigenvalue weighted by Gasteiger charge is 2.15. The Morgan fingerprint density at radius 3 is 2.64 bits per heavy atom. The number of rotatable bonds is 7. The predicted molar refractivity (Wildman–Crippen MR) is 125 cm³/mol. The van der Waals surface area contributed by atoms with Crippen LogP contribution in [0.5, 0.6) is 11.5 Å². The molecule has 8 nitrogen and oxygen atoms in total.